The first-order chi connectivity index (χ1) is 5.77. The van der Waals surface area contributed by atoms with Crippen LogP contribution in [0.4, 0.5) is 5.95 Å². The molecule has 0 aliphatic carbocycles. The van der Waals surface area contributed by atoms with E-state index in [1.165, 1.54) is 19.4 Å². The Labute approximate surface area is 69.8 Å². The highest BCUT2D eigenvalue weighted by Gasteiger charge is 2.06. The van der Waals surface area contributed by atoms with Gasteiger partial charge in [0.2, 0.25) is 5.95 Å². The number of nitrogens with zero attached hydrogens (tertiary/aromatic N) is 2. The molecule has 0 saturated carbocycles. The van der Waals surface area contributed by atoms with Gasteiger partial charge in [0.25, 0.3) is 0 Å². The van der Waals surface area contributed by atoms with Crippen LogP contribution in [0.2, 0.25) is 0 Å². The zero-order valence-corrected chi connectivity index (χ0v) is 6.87. The van der Waals surface area contributed by atoms with Gasteiger partial charge in [-0.25, -0.2) is 14.8 Å². The fourth-order valence-corrected chi connectivity index (χ4v) is 0.697. The quantitative estimate of drug-likeness (QED) is 0.642. The van der Waals surface area contributed by atoms with E-state index in [1.807, 2.05) is 0 Å². The Hall–Kier alpha value is -1.65. The SMILES string of the molecule is CNc1nccc(C(=O)OC)n1. The van der Waals surface area contributed by atoms with Crippen LogP contribution in [-0.2, 0) is 4.74 Å². The van der Waals surface area contributed by atoms with Crippen molar-refractivity contribution in [3.05, 3.63) is 18.0 Å². The lowest BCUT2D eigenvalue weighted by atomic mass is 10.4. The molecule has 0 fully saturated rings. The minimum absolute atomic E-state index is 0.247. The zero-order chi connectivity index (χ0) is 8.97. The molecule has 0 atom stereocenters. The second-order valence-electron chi connectivity index (χ2n) is 2.01. The Morgan fingerprint density at radius 1 is 1.67 bits per heavy atom. The summed E-state index contributed by atoms with van der Waals surface area (Å²) in [4.78, 5) is 18.7. The van der Waals surface area contributed by atoms with Gasteiger partial charge >= 0.3 is 5.97 Å². The maximum atomic E-state index is 10.9. The first-order valence-corrected chi connectivity index (χ1v) is 3.37. The molecule has 1 aromatic heterocycles. The number of anilines is 1. The lowest BCUT2D eigenvalue weighted by Crippen LogP contribution is -2.06. The van der Waals surface area contributed by atoms with Crippen LogP contribution in [0.1, 0.15) is 10.5 Å². The number of hydrogen-bond donors (Lipinski definition) is 1. The molecule has 1 heterocycles. The van der Waals surface area contributed by atoms with Crippen LogP contribution >= 0.6 is 0 Å². The number of esters is 1. The van der Waals surface area contributed by atoms with E-state index in [2.05, 4.69) is 20.0 Å². The molecule has 0 amide bonds. The molecular formula is C7H9N3O2. The highest BCUT2D eigenvalue weighted by atomic mass is 16.5. The summed E-state index contributed by atoms with van der Waals surface area (Å²) in [5.74, 6) is -0.0631. The number of methoxy groups -OCH3 is 1. The van der Waals surface area contributed by atoms with Crippen molar-refractivity contribution in [3.63, 3.8) is 0 Å². The summed E-state index contributed by atoms with van der Waals surface area (Å²) in [5.41, 5.74) is 0.247. The molecule has 0 aliphatic rings. The van der Waals surface area contributed by atoms with Gasteiger partial charge in [-0.1, -0.05) is 0 Å². The van der Waals surface area contributed by atoms with Crippen LogP contribution in [0.25, 0.3) is 0 Å². The molecule has 5 nitrogen and oxygen atoms in total. The maximum absolute atomic E-state index is 10.9. The van der Waals surface area contributed by atoms with Crippen molar-refractivity contribution in [3.8, 4) is 0 Å². The Bertz CT molecular complexity index is 288. The predicted octanol–water partition coefficient (Wildman–Crippen LogP) is 0.305. The molecule has 1 rings (SSSR count). The summed E-state index contributed by atoms with van der Waals surface area (Å²) in [6.45, 7) is 0. The first kappa shape index (κ1) is 8.45. The average molecular weight is 167 g/mol. The number of aromatic nitrogens is 2. The van der Waals surface area contributed by atoms with Gasteiger partial charge in [-0.2, -0.15) is 0 Å². The van der Waals surface area contributed by atoms with E-state index in [-0.39, 0.29) is 5.69 Å². The van der Waals surface area contributed by atoms with Crippen molar-refractivity contribution in [2.45, 2.75) is 0 Å². The van der Waals surface area contributed by atoms with E-state index in [4.69, 9.17) is 0 Å². The number of carbonyl (C=O) groups is 1. The molecule has 0 aromatic carbocycles. The van der Waals surface area contributed by atoms with Crippen LogP contribution in [0.15, 0.2) is 12.3 Å². The van der Waals surface area contributed by atoms with Gasteiger partial charge in [0, 0.05) is 13.2 Å². The molecule has 1 aromatic rings. The molecule has 0 unspecified atom stereocenters. The van der Waals surface area contributed by atoms with Gasteiger partial charge in [0.1, 0.15) is 0 Å². The lowest BCUT2D eigenvalue weighted by Gasteiger charge is -1.99. The van der Waals surface area contributed by atoms with Crippen LogP contribution in [0.3, 0.4) is 0 Å². The van der Waals surface area contributed by atoms with Crippen molar-refractivity contribution < 1.29 is 9.53 Å². The fraction of sp³-hybridized carbons (Fsp3) is 0.286. The Morgan fingerprint density at radius 2 is 2.42 bits per heavy atom. The lowest BCUT2D eigenvalue weighted by molar-refractivity contribution is 0.0594. The molecule has 1 N–H and O–H groups in total. The molecule has 0 saturated heterocycles. The monoisotopic (exact) mass is 167 g/mol. The summed E-state index contributed by atoms with van der Waals surface area (Å²) < 4.78 is 4.48. The minimum Gasteiger partial charge on any atom is -0.464 e. The van der Waals surface area contributed by atoms with E-state index in [0.29, 0.717) is 5.95 Å². The molecule has 0 radical (unpaired) electrons. The summed E-state index contributed by atoms with van der Waals surface area (Å²) in [5, 5.41) is 2.72. The molecular weight excluding hydrogens is 158 g/mol. The number of nitrogens with one attached hydrogen (secondary N) is 1. The third-order valence-electron chi connectivity index (χ3n) is 1.27. The number of rotatable bonds is 2. The van der Waals surface area contributed by atoms with E-state index in [9.17, 15) is 4.79 Å². The van der Waals surface area contributed by atoms with Gasteiger partial charge in [-0.05, 0) is 6.07 Å². The van der Waals surface area contributed by atoms with E-state index in [0.717, 1.165) is 0 Å². The van der Waals surface area contributed by atoms with E-state index in [1.54, 1.807) is 7.05 Å². The fourth-order valence-electron chi connectivity index (χ4n) is 0.697. The molecule has 0 bridgehead atoms. The van der Waals surface area contributed by atoms with Crippen molar-refractivity contribution >= 4 is 11.9 Å². The Morgan fingerprint density at radius 3 is 3.00 bits per heavy atom. The number of hydrogen-bond acceptors (Lipinski definition) is 5. The summed E-state index contributed by atoms with van der Waals surface area (Å²) in [7, 11) is 2.99. The minimum atomic E-state index is -0.464. The third kappa shape index (κ3) is 1.69. The number of ether oxygens (including phenoxy) is 1. The standard InChI is InChI=1S/C7H9N3O2/c1-8-7-9-4-3-5(10-7)6(11)12-2/h3-4H,1-2H3,(H,8,9,10). The van der Waals surface area contributed by atoms with Crippen molar-refractivity contribution in [1.29, 1.82) is 0 Å². The molecule has 0 spiro atoms. The van der Waals surface area contributed by atoms with Crippen LogP contribution in [0.5, 0.6) is 0 Å². The maximum Gasteiger partial charge on any atom is 0.356 e. The second-order valence-corrected chi connectivity index (χ2v) is 2.01. The third-order valence-corrected chi connectivity index (χ3v) is 1.27. The normalized spacial score (nSPS) is 9.17. The molecule has 12 heavy (non-hydrogen) atoms. The van der Waals surface area contributed by atoms with Gasteiger partial charge < -0.3 is 10.1 Å². The Kier molecular flexibility index (Phi) is 2.57. The molecule has 0 aliphatic heterocycles. The van der Waals surface area contributed by atoms with Crippen molar-refractivity contribution in [2.75, 3.05) is 19.5 Å². The summed E-state index contributed by atoms with van der Waals surface area (Å²) >= 11 is 0. The van der Waals surface area contributed by atoms with Gasteiger partial charge in [0.05, 0.1) is 7.11 Å². The number of carbonyl (C=O) groups excluding carboxylic acids is 1. The average Bonchev–Trinajstić information content (AvgIpc) is 2.17. The second kappa shape index (κ2) is 3.66. The summed E-state index contributed by atoms with van der Waals surface area (Å²) in [6.07, 6.45) is 1.49. The van der Waals surface area contributed by atoms with Crippen molar-refractivity contribution in [2.24, 2.45) is 0 Å². The topological polar surface area (TPSA) is 64.1 Å². The molecule has 5 heteroatoms. The van der Waals surface area contributed by atoms with E-state index < -0.39 is 5.97 Å². The largest absolute Gasteiger partial charge is 0.464 e. The van der Waals surface area contributed by atoms with Crippen LogP contribution in [0, 0.1) is 0 Å². The van der Waals surface area contributed by atoms with Gasteiger partial charge in [-0.3, -0.25) is 0 Å². The van der Waals surface area contributed by atoms with Crippen LogP contribution < -0.4 is 5.32 Å². The summed E-state index contributed by atoms with van der Waals surface area (Å²) in [6, 6.07) is 1.49. The first-order valence-electron chi connectivity index (χ1n) is 3.37. The van der Waals surface area contributed by atoms with Crippen LogP contribution in [-0.4, -0.2) is 30.1 Å². The Balaban J connectivity index is 2.93. The highest BCUT2D eigenvalue weighted by Crippen LogP contribution is 2.00. The zero-order valence-electron chi connectivity index (χ0n) is 6.87. The van der Waals surface area contributed by atoms with Gasteiger partial charge in [-0.15, -0.1) is 0 Å². The smallest absolute Gasteiger partial charge is 0.356 e. The van der Waals surface area contributed by atoms with E-state index >= 15 is 0 Å². The van der Waals surface area contributed by atoms with Gasteiger partial charge in [0.15, 0.2) is 5.69 Å². The highest BCUT2D eigenvalue weighted by molar-refractivity contribution is 5.87. The molecule has 64 valence electrons. The predicted molar refractivity (Wildman–Crippen MR) is 42.9 cm³/mol. The van der Waals surface area contributed by atoms with Crippen molar-refractivity contribution in [1.82, 2.24) is 9.97 Å².